The number of nitrogens with one attached hydrogen (secondary N) is 1. The van der Waals surface area contributed by atoms with Gasteiger partial charge in [0.1, 0.15) is 0 Å². The van der Waals surface area contributed by atoms with Gasteiger partial charge in [-0.25, -0.2) is 0 Å². The second-order valence-corrected chi connectivity index (χ2v) is 8.12. The lowest BCUT2D eigenvalue weighted by Crippen LogP contribution is -2.13. The molecule has 2 aromatic heterocycles. The molecule has 1 N–H and O–H groups in total. The molecule has 0 saturated heterocycles. The van der Waals surface area contributed by atoms with E-state index in [2.05, 4.69) is 34.6 Å². The number of aryl methyl sites for hydroxylation is 1. The molecule has 2 heterocycles. The third-order valence-corrected chi connectivity index (χ3v) is 6.14. The minimum absolute atomic E-state index is 0.126. The molecule has 5 rings (SSSR count). The lowest BCUT2D eigenvalue weighted by molar-refractivity contribution is 0.102. The summed E-state index contributed by atoms with van der Waals surface area (Å²) in [6.45, 7) is 2.00. The predicted molar refractivity (Wildman–Crippen MR) is 122 cm³/mol. The number of thiophene rings is 1. The van der Waals surface area contributed by atoms with Gasteiger partial charge in [-0.2, -0.15) is 0 Å². The first kappa shape index (κ1) is 17.6. The smallest absolute Gasteiger partial charge is 0.256 e. The summed E-state index contributed by atoms with van der Waals surface area (Å²) in [5.41, 5.74) is 4.18. The van der Waals surface area contributed by atoms with E-state index in [1.807, 2.05) is 61.5 Å². The fourth-order valence-electron chi connectivity index (χ4n) is 3.57. The summed E-state index contributed by atoms with van der Waals surface area (Å²) < 4.78 is 1.22. The quantitative estimate of drug-likeness (QED) is 0.371. The Morgan fingerprint density at radius 3 is 2.62 bits per heavy atom. The van der Waals surface area contributed by atoms with E-state index in [4.69, 9.17) is 0 Å². The molecule has 3 aromatic carbocycles. The number of hydrogen-bond donors (Lipinski definition) is 1. The highest BCUT2D eigenvalue weighted by atomic mass is 32.1. The average molecular weight is 394 g/mol. The van der Waals surface area contributed by atoms with Gasteiger partial charge in [0.25, 0.3) is 5.91 Å². The first-order valence-corrected chi connectivity index (χ1v) is 10.3. The number of aromatic nitrogens is 1. The second-order valence-electron chi connectivity index (χ2n) is 7.03. The van der Waals surface area contributed by atoms with E-state index in [0.717, 1.165) is 32.6 Å². The van der Waals surface area contributed by atoms with Crippen LogP contribution < -0.4 is 5.32 Å². The van der Waals surface area contributed by atoms with Crippen molar-refractivity contribution in [1.29, 1.82) is 0 Å². The zero-order chi connectivity index (χ0) is 19.8. The van der Waals surface area contributed by atoms with Crippen molar-refractivity contribution in [2.75, 3.05) is 5.32 Å². The van der Waals surface area contributed by atoms with E-state index in [1.165, 1.54) is 10.1 Å². The summed E-state index contributed by atoms with van der Waals surface area (Å²) in [5.74, 6) is -0.126. The van der Waals surface area contributed by atoms with Gasteiger partial charge in [-0.05, 0) is 42.6 Å². The normalized spacial score (nSPS) is 11.1. The van der Waals surface area contributed by atoms with Gasteiger partial charge in [0.05, 0.1) is 11.2 Å². The minimum Gasteiger partial charge on any atom is -0.320 e. The van der Waals surface area contributed by atoms with Crippen molar-refractivity contribution in [3.8, 4) is 10.4 Å². The summed E-state index contributed by atoms with van der Waals surface area (Å²) in [5, 5.41) is 5.27. The topological polar surface area (TPSA) is 42.0 Å². The van der Waals surface area contributed by atoms with Gasteiger partial charge in [0.2, 0.25) is 0 Å². The third-order valence-electron chi connectivity index (χ3n) is 4.99. The van der Waals surface area contributed by atoms with E-state index in [-0.39, 0.29) is 5.91 Å². The van der Waals surface area contributed by atoms with E-state index >= 15 is 0 Å². The minimum atomic E-state index is -0.126. The lowest BCUT2D eigenvalue weighted by Gasteiger charge is -2.12. The first-order chi connectivity index (χ1) is 14.2. The summed E-state index contributed by atoms with van der Waals surface area (Å²) in [4.78, 5) is 18.8. The number of benzene rings is 3. The predicted octanol–water partition coefficient (Wildman–Crippen LogP) is 6.68. The Bertz CT molecular complexity index is 1330. The second kappa shape index (κ2) is 7.15. The number of rotatable bonds is 3. The van der Waals surface area contributed by atoms with E-state index in [1.54, 1.807) is 17.5 Å². The Hall–Kier alpha value is -3.50. The highest BCUT2D eigenvalue weighted by Crippen LogP contribution is 2.36. The van der Waals surface area contributed by atoms with Crippen molar-refractivity contribution >= 4 is 43.9 Å². The molecule has 0 aliphatic rings. The Kier molecular flexibility index (Phi) is 4.34. The maximum Gasteiger partial charge on any atom is 0.256 e. The number of hydrogen-bond acceptors (Lipinski definition) is 3. The Labute approximate surface area is 172 Å². The van der Waals surface area contributed by atoms with Gasteiger partial charge in [-0.1, -0.05) is 54.1 Å². The molecule has 0 aliphatic heterocycles. The van der Waals surface area contributed by atoms with Crippen molar-refractivity contribution in [1.82, 2.24) is 4.98 Å². The van der Waals surface area contributed by atoms with Crippen LogP contribution in [0.4, 0.5) is 5.69 Å². The molecule has 0 fully saturated rings. The standard InChI is InChI=1S/C25H18N2OS/c1-16-11-12-19(23-15-18-6-2-3-10-22(18)29-23)20(14-16)25(28)27-21-9-4-7-17-8-5-13-26-24(17)21/h2-15H,1H3,(H,27,28). The van der Waals surface area contributed by atoms with Crippen LogP contribution in [0.3, 0.4) is 0 Å². The van der Waals surface area contributed by atoms with Gasteiger partial charge in [0.15, 0.2) is 0 Å². The van der Waals surface area contributed by atoms with Crippen LogP contribution in [0.15, 0.2) is 85.1 Å². The molecule has 1 amide bonds. The van der Waals surface area contributed by atoms with Crippen LogP contribution >= 0.6 is 11.3 Å². The van der Waals surface area contributed by atoms with Crippen molar-refractivity contribution in [2.45, 2.75) is 6.92 Å². The fourth-order valence-corrected chi connectivity index (χ4v) is 4.67. The molecular weight excluding hydrogens is 376 g/mol. The number of amides is 1. The monoisotopic (exact) mass is 394 g/mol. The molecule has 0 bridgehead atoms. The van der Waals surface area contributed by atoms with Gasteiger partial charge < -0.3 is 5.32 Å². The maximum atomic E-state index is 13.3. The molecule has 29 heavy (non-hydrogen) atoms. The van der Waals surface area contributed by atoms with Crippen LogP contribution in [0.2, 0.25) is 0 Å². The highest BCUT2D eigenvalue weighted by molar-refractivity contribution is 7.22. The Morgan fingerprint density at radius 1 is 0.897 bits per heavy atom. The molecular formula is C25H18N2OS. The molecule has 5 aromatic rings. The summed E-state index contributed by atoms with van der Waals surface area (Å²) in [6.07, 6.45) is 1.74. The number of para-hydroxylation sites is 1. The number of carbonyl (C=O) groups is 1. The molecule has 0 atom stereocenters. The summed E-state index contributed by atoms with van der Waals surface area (Å²) >= 11 is 1.70. The zero-order valence-electron chi connectivity index (χ0n) is 15.8. The first-order valence-electron chi connectivity index (χ1n) is 9.44. The molecule has 3 nitrogen and oxygen atoms in total. The number of fused-ring (bicyclic) bond motifs is 2. The van der Waals surface area contributed by atoms with Crippen LogP contribution in [-0.2, 0) is 0 Å². The van der Waals surface area contributed by atoms with Crippen molar-refractivity contribution in [3.05, 3.63) is 96.2 Å². The Morgan fingerprint density at radius 2 is 1.72 bits per heavy atom. The zero-order valence-corrected chi connectivity index (χ0v) is 16.7. The maximum absolute atomic E-state index is 13.3. The molecule has 0 saturated carbocycles. The SMILES string of the molecule is Cc1ccc(-c2cc3ccccc3s2)c(C(=O)Nc2cccc3cccnc23)c1. The largest absolute Gasteiger partial charge is 0.320 e. The van der Waals surface area contributed by atoms with E-state index < -0.39 is 0 Å². The lowest BCUT2D eigenvalue weighted by atomic mass is 10.0. The van der Waals surface area contributed by atoms with Gasteiger partial charge in [0, 0.05) is 32.3 Å². The number of carbonyl (C=O) groups excluding carboxylic acids is 1. The molecule has 0 aliphatic carbocycles. The van der Waals surface area contributed by atoms with Gasteiger partial charge >= 0.3 is 0 Å². The van der Waals surface area contributed by atoms with Crippen LogP contribution in [0.5, 0.6) is 0 Å². The van der Waals surface area contributed by atoms with Crippen LogP contribution in [0, 0.1) is 6.92 Å². The van der Waals surface area contributed by atoms with E-state index in [0.29, 0.717) is 5.56 Å². The number of nitrogens with zero attached hydrogens (tertiary/aromatic N) is 1. The van der Waals surface area contributed by atoms with Crippen LogP contribution in [0.1, 0.15) is 15.9 Å². The number of pyridine rings is 1. The van der Waals surface area contributed by atoms with Gasteiger partial charge in [-0.15, -0.1) is 11.3 Å². The van der Waals surface area contributed by atoms with Crippen molar-refractivity contribution < 1.29 is 4.79 Å². The Balaban J connectivity index is 1.58. The van der Waals surface area contributed by atoms with E-state index in [9.17, 15) is 4.79 Å². The molecule has 0 unspecified atom stereocenters. The van der Waals surface area contributed by atoms with Crippen molar-refractivity contribution in [2.24, 2.45) is 0 Å². The molecule has 0 radical (unpaired) electrons. The average Bonchev–Trinajstić information content (AvgIpc) is 3.18. The number of anilines is 1. The van der Waals surface area contributed by atoms with Crippen LogP contribution in [-0.4, -0.2) is 10.9 Å². The summed E-state index contributed by atoms with van der Waals surface area (Å²) in [7, 11) is 0. The fraction of sp³-hybridized carbons (Fsp3) is 0.0400. The van der Waals surface area contributed by atoms with Crippen LogP contribution in [0.25, 0.3) is 31.4 Å². The third kappa shape index (κ3) is 3.28. The molecule has 4 heteroatoms. The molecule has 140 valence electrons. The molecule has 0 spiro atoms. The highest BCUT2D eigenvalue weighted by Gasteiger charge is 2.16. The summed E-state index contributed by atoms with van der Waals surface area (Å²) in [6, 6.07) is 26.2. The van der Waals surface area contributed by atoms with Gasteiger partial charge in [-0.3, -0.25) is 9.78 Å². The van der Waals surface area contributed by atoms with Crippen molar-refractivity contribution in [3.63, 3.8) is 0 Å².